The van der Waals surface area contributed by atoms with Gasteiger partial charge in [0.05, 0.1) is 0 Å². The van der Waals surface area contributed by atoms with Gasteiger partial charge in [0.25, 0.3) is 0 Å². The predicted octanol–water partition coefficient (Wildman–Crippen LogP) is 3.69. The highest BCUT2D eigenvalue weighted by Gasteiger charge is 2.09. The fraction of sp³-hybridized carbons (Fsp3) is 0.500. The Labute approximate surface area is 112 Å². The minimum absolute atomic E-state index is 0. The molecule has 2 nitrogen and oxygen atoms in total. The molecule has 1 saturated heterocycles. The van der Waals surface area contributed by atoms with Crippen molar-refractivity contribution in [1.82, 2.24) is 4.90 Å². The van der Waals surface area contributed by atoms with Crippen LogP contribution in [0.1, 0.15) is 19.3 Å². The zero-order valence-corrected chi connectivity index (χ0v) is 11.6. The van der Waals surface area contributed by atoms with Gasteiger partial charge in [-0.1, -0.05) is 22.4 Å². The van der Waals surface area contributed by atoms with Crippen LogP contribution in [0.15, 0.2) is 28.7 Å². The molecule has 0 unspecified atom stereocenters. The highest BCUT2D eigenvalue weighted by molar-refractivity contribution is 9.10. The van der Waals surface area contributed by atoms with Crippen LogP contribution in [0.3, 0.4) is 0 Å². The molecule has 2 rings (SSSR count). The maximum atomic E-state index is 5.71. The van der Waals surface area contributed by atoms with E-state index in [1.54, 1.807) is 0 Å². The van der Waals surface area contributed by atoms with Crippen LogP contribution >= 0.6 is 28.3 Å². The van der Waals surface area contributed by atoms with Crippen LogP contribution in [0.4, 0.5) is 0 Å². The number of likely N-dealkylation sites (tertiary alicyclic amines) is 1. The second-order valence-electron chi connectivity index (χ2n) is 3.91. The Morgan fingerprint density at radius 2 is 1.69 bits per heavy atom. The summed E-state index contributed by atoms with van der Waals surface area (Å²) in [5.74, 6) is 0.948. The lowest BCUT2D eigenvalue weighted by atomic mass is 10.1. The van der Waals surface area contributed by atoms with Gasteiger partial charge in [0, 0.05) is 17.6 Å². The first-order valence-corrected chi connectivity index (χ1v) is 6.24. The Morgan fingerprint density at radius 1 is 1.06 bits per heavy atom. The Hall–Kier alpha value is -0.250. The van der Waals surface area contributed by atoms with E-state index in [1.165, 1.54) is 32.4 Å². The van der Waals surface area contributed by atoms with Crippen molar-refractivity contribution >= 4 is 28.3 Å². The first-order valence-electron chi connectivity index (χ1n) is 5.45. The summed E-state index contributed by atoms with van der Waals surface area (Å²) in [6.07, 6.45) is 3.99. The first-order chi connectivity index (χ1) is 7.34. The smallest absolute Gasteiger partial charge is 0.142 e. The van der Waals surface area contributed by atoms with E-state index in [2.05, 4.69) is 20.8 Å². The SMILES string of the molecule is Brc1ccc(OCN2CCCCC2)cc1.Cl. The number of hydrogen-bond donors (Lipinski definition) is 0. The van der Waals surface area contributed by atoms with Crippen molar-refractivity contribution in [2.75, 3.05) is 19.8 Å². The average Bonchev–Trinajstić information content (AvgIpc) is 2.30. The van der Waals surface area contributed by atoms with E-state index in [1.807, 2.05) is 24.3 Å². The van der Waals surface area contributed by atoms with Gasteiger partial charge < -0.3 is 4.74 Å². The lowest BCUT2D eigenvalue weighted by molar-refractivity contribution is 0.106. The highest BCUT2D eigenvalue weighted by atomic mass is 79.9. The van der Waals surface area contributed by atoms with Crippen LogP contribution in [0.25, 0.3) is 0 Å². The summed E-state index contributed by atoms with van der Waals surface area (Å²) in [4.78, 5) is 2.37. The molecule has 90 valence electrons. The van der Waals surface area contributed by atoms with Gasteiger partial charge >= 0.3 is 0 Å². The molecule has 1 aliphatic rings. The monoisotopic (exact) mass is 305 g/mol. The number of hydrogen-bond acceptors (Lipinski definition) is 2. The molecule has 4 heteroatoms. The fourth-order valence-electron chi connectivity index (χ4n) is 1.79. The molecule has 0 saturated carbocycles. The number of ether oxygens (including phenoxy) is 1. The summed E-state index contributed by atoms with van der Waals surface area (Å²) in [5, 5.41) is 0. The normalized spacial score (nSPS) is 16.6. The van der Waals surface area contributed by atoms with Crippen molar-refractivity contribution in [1.29, 1.82) is 0 Å². The van der Waals surface area contributed by atoms with Crippen molar-refractivity contribution in [2.45, 2.75) is 19.3 Å². The zero-order valence-electron chi connectivity index (χ0n) is 9.19. The van der Waals surface area contributed by atoms with E-state index in [9.17, 15) is 0 Å². The predicted molar refractivity (Wildman–Crippen MR) is 72.3 cm³/mol. The molecule has 1 aliphatic heterocycles. The average molecular weight is 307 g/mol. The molecule has 0 amide bonds. The van der Waals surface area contributed by atoms with Gasteiger partial charge in [0.1, 0.15) is 12.5 Å². The molecule has 1 heterocycles. The highest BCUT2D eigenvalue weighted by Crippen LogP contribution is 2.17. The van der Waals surface area contributed by atoms with Crippen LogP contribution in [-0.2, 0) is 0 Å². The molecule has 0 spiro atoms. The molecule has 1 aromatic rings. The van der Waals surface area contributed by atoms with E-state index in [0.29, 0.717) is 0 Å². The molecule has 1 fully saturated rings. The number of nitrogens with zero attached hydrogens (tertiary/aromatic N) is 1. The Balaban J connectivity index is 0.00000128. The third kappa shape index (κ3) is 4.32. The lowest BCUT2D eigenvalue weighted by Crippen LogP contribution is -2.33. The molecule has 0 atom stereocenters. The molecule has 0 bridgehead atoms. The van der Waals surface area contributed by atoms with Crippen molar-refractivity contribution in [3.05, 3.63) is 28.7 Å². The zero-order chi connectivity index (χ0) is 10.5. The van der Waals surface area contributed by atoms with E-state index >= 15 is 0 Å². The van der Waals surface area contributed by atoms with Gasteiger partial charge in [-0.3, -0.25) is 4.90 Å². The van der Waals surface area contributed by atoms with E-state index in [-0.39, 0.29) is 12.4 Å². The topological polar surface area (TPSA) is 12.5 Å². The number of rotatable bonds is 3. The molecule has 0 N–H and O–H groups in total. The third-order valence-corrected chi connectivity index (χ3v) is 3.20. The first kappa shape index (κ1) is 13.8. The second kappa shape index (κ2) is 7.15. The van der Waals surface area contributed by atoms with Crippen LogP contribution in [0.2, 0.25) is 0 Å². The molecule has 16 heavy (non-hydrogen) atoms. The minimum atomic E-state index is 0. The number of benzene rings is 1. The van der Waals surface area contributed by atoms with Crippen LogP contribution in [0.5, 0.6) is 5.75 Å². The van der Waals surface area contributed by atoms with Gasteiger partial charge in [-0.2, -0.15) is 0 Å². The second-order valence-corrected chi connectivity index (χ2v) is 4.82. The molecule has 1 aromatic carbocycles. The summed E-state index contributed by atoms with van der Waals surface area (Å²) in [6, 6.07) is 8.00. The van der Waals surface area contributed by atoms with Gasteiger partial charge in [0.2, 0.25) is 0 Å². The summed E-state index contributed by atoms with van der Waals surface area (Å²) >= 11 is 3.41. The summed E-state index contributed by atoms with van der Waals surface area (Å²) in [6.45, 7) is 3.08. The summed E-state index contributed by atoms with van der Waals surface area (Å²) in [7, 11) is 0. The maximum absolute atomic E-state index is 5.71. The van der Waals surface area contributed by atoms with Crippen molar-refractivity contribution in [3.63, 3.8) is 0 Å². The summed E-state index contributed by atoms with van der Waals surface area (Å²) < 4.78 is 6.80. The van der Waals surface area contributed by atoms with Gasteiger partial charge in [0.15, 0.2) is 0 Å². The molecule has 0 aliphatic carbocycles. The fourth-order valence-corrected chi connectivity index (χ4v) is 2.05. The Bertz CT molecular complexity index is 298. The van der Waals surface area contributed by atoms with Crippen LogP contribution in [-0.4, -0.2) is 24.7 Å². The van der Waals surface area contributed by atoms with Crippen molar-refractivity contribution < 1.29 is 4.74 Å². The number of piperidine rings is 1. The largest absolute Gasteiger partial charge is 0.478 e. The molecule has 0 aromatic heterocycles. The van der Waals surface area contributed by atoms with Crippen molar-refractivity contribution in [3.8, 4) is 5.75 Å². The van der Waals surface area contributed by atoms with Crippen LogP contribution < -0.4 is 4.74 Å². The van der Waals surface area contributed by atoms with Crippen molar-refractivity contribution in [2.24, 2.45) is 0 Å². The third-order valence-electron chi connectivity index (χ3n) is 2.68. The van der Waals surface area contributed by atoms with Gasteiger partial charge in [-0.05, 0) is 37.1 Å². The van der Waals surface area contributed by atoms with Gasteiger partial charge in [-0.25, -0.2) is 0 Å². The molecule has 0 radical (unpaired) electrons. The quantitative estimate of drug-likeness (QED) is 0.844. The van der Waals surface area contributed by atoms with Gasteiger partial charge in [-0.15, -0.1) is 12.4 Å². The maximum Gasteiger partial charge on any atom is 0.142 e. The minimum Gasteiger partial charge on any atom is -0.478 e. The number of halogens is 2. The Kier molecular flexibility index (Phi) is 6.17. The lowest BCUT2D eigenvalue weighted by Gasteiger charge is -2.26. The molecular weight excluding hydrogens is 289 g/mol. The van der Waals surface area contributed by atoms with E-state index in [4.69, 9.17) is 4.74 Å². The standard InChI is InChI=1S/C12H16BrNO.ClH/c13-11-4-6-12(7-5-11)15-10-14-8-2-1-3-9-14;/h4-7H,1-3,8-10H2;1H. The van der Waals surface area contributed by atoms with E-state index in [0.717, 1.165) is 17.0 Å². The Morgan fingerprint density at radius 3 is 2.31 bits per heavy atom. The van der Waals surface area contributed by atoms with E-state index < -0.39 is 0 Å². The summed E-state index contributed by atoms with van der Waals surface area (Å²) in [5.41, 5.74) is 0. The van der Waals surface area contributed by atoms with Crippen LogP contribution in [0, 0.1) is 0 Å². The molecular formula is C12H17BrClNO.